The molecule has 1 saturated carbocycles. The van der Waals surface area contributed by atoms with Gasteiger partial charge in [0.2, 0.25) is 0 Å². The minimum Gasteiger partial charge on any atom is -0.399 e. The predicted molar refractivity (Wildman–Crippen MR) is 70.4 cm³/mol. The topological polar surface area (TPSA) is 38.0 Å². The third-order valence-corrected chi connectivity index (χ3v) is 3.89. The Kier molecular flexibility index (Phi) is 3.55. The van der Waals surface area contributed by atoms with Gasteiger partial charge in [-0.15, -0.1) is 0 Å². The van der Waals surface area contributed by atoms with Crippen LogP contribution in [0.2, 0.25) is 0 Å². The van der Waals surface area contributed by atoms with E-state index in [1.165, 1.54) is 18.6 Å². The minimum atomic E-state index is -0.273. The predicted octanol–water partition coefficient (Wildman–Crippen LogP) is 3.64. The largest absolute Gasteiger partial charge is 0.399 e. The van der Waals surface area contributed by atoms with Gasteiger partial charge < -0.3 is 11.1 Å². The Hall–Kier alpha value is -1.25. The summed E-state index contributed by atoms with van der Waals surface area (Å²) in [6.07, 6.45) is 3.54. The van der Waals surface area contributed by atoms with Gasteiger partial charge in [0.05, 0.1) is 0 Å². The number of halogens is 1. The van der Waals surface area contributed by atoms with Gasteiger partial charge in [-0.1, -0.05) is 13.8 Å². The van der Waals surface area contributed by atoms with E-state index in [1.54, 1.807) is 6.07 Å². The van der Waals surface area contributed by atoms with Crippen LogP contribution < -0.4 is 11.1 Å². The van der Waals surface area contributed by atoms with E-state index in [2.05, 4.69) is 19.2 Å². The number of hydrogen-bond donors (Lipinski definition) is 2. The highest BCUT2D eigenvalue weighted by molar-refractivity contribution is 5.55. The molecule has 0 radical (unpaired) electrons. The van der Waals surface area contributed by atoms with Gasteiger partial charge in [0.25, 0.3) is 0 Å². The molecule has 1 fully saturated rings. The molecule has 0 bridgehead atoms. The first kappa shape index (κ1) is 12.2. The SMILES string of the molecule is CC1CCC(Nc2cc(N)cc(F)c2)CC1C. The van der Waals surface area contributed by atoms with Crippen LogP contribution in [0.25, 0.3) is 0 Å². The maximum Gasteiger partial charge on any atom is 0.127 e. The quantitative estimate of drug-likeness (QED) is 0.769. The molecule has 94 valence electrons. The Labute approximate surface area is 102 Å². The highest BCUT2D eigenvalue weighted by Crippen LogP contribution is 2.31. The lowest BCUT2D eigenvalue weighted by Crippen LogP contribution is -2.30. The number of anilines is 2. The van der Waals surface area contributed by atoms with Crippen LogP contribution in [-0.4, -0.2) is 6.04 Å². The molecule has 17 heavy (non-hydrogen) atoms. The molecule has 0 amide bonds. The van der Waals surface area contributed by atoms with Crippen molar-refractivity contribution in [3.05, 3.63) is 24.0 Å². The van der Waals surface area contributed by atoms with E-state index in [9.17, 15) is 4.39 Å². The van der Waals surface area contributed by atoms with E-state index in [0.717, 1.165) is 30.4 Å². The third kappa shape index (κ3) is 3.11. The standard InChI is InChI=1S/C14H21FN2/c1-9-3-4-13(5-10(9)2)17-14-7-11(15)6-12(16)8-14/h6-10,13,17H,3-5,16H2,1-2H3. The molecule has 1 aliphatic carbocycles. The summed E-state index contributed by atoms with van der Waals surface area (Å²) >= 11 is 0. The van der Waals surface area contributed by atoms with E-state index in [4.69, 9.17) is 5.73 Å². The average molecular weight is 236 g/mol. The van der Waals surface area contributed by atoms with Gasteiger partial charge >= 0.3 is 0 Å². The molecule has 3 N–H and O–H groups in total. The Morgan fingerprint density at radius 3 is 2.59 bits per heavy atom. The number of nitrogen functional groups attached to an aromatic ring is 1. The maximum absolute atomic E-state index is 13.2. The lowest BCUT2D eigenvalue weighted by Gasteiger charge is -2.33. The van der Waals surface area contributed by atoms with Crippen molar-refractivity contribution < 1.29 is 4.39 Å². The van der Waals surface area contributed by atoms with Crippen LogP contribution in [0.1, 0.15) is 33.1 Å². The summed E-state index contributed by atoms with van der Waals surface area (Å²) in [5.41, 5.74) is 6.91. The normalized spacial score (nSPS) is 29.0. The van der Waals surface area contributed by atoms with Crippen LogP contribution in [0.5, 0.6) is 0 Å². The minimum absolute atomic E-state index is 0.273. The summed E-state index contributed by atoms with van der Waals surface area (Å²) in [6, 6.07) is 5.10. The summed E-state index contributed by atoms with van der Waals surface area (Å²) in [7, 11) is 0. The van der Waals surface area contributed by atoms with Gasteiger partial charge in [-0.25, -0.2) is 4.39 Å². The molecule has 2 nitrogen and oxygen atoms in total. The Bertz CT molecular complexity index is 372. The second-order valence-corrected chi connectivity index (χ2v) is 5.38. The van der Waals surface area contributed by atoms with Gasteiger partial charge in [0.15, 0.2) is 0 Å². The van der Waals surface area contributed by atoms with Crippen LogP contribution in [-0.2, 0) is 0 Å². The molecular weight excluding hydrogens is 215 g/mol. The molecule has 0 spiro atoms. The lowest BCUT2D eigenvalue weighted by atomic mass is 9.79. The Balaban J connectivity index is 2.01. The maximum atomic E-state index is 13.2. The fourth-order valence-corrected chi connectivity index (χ4v) is 2.61. The van der Waals surface area contributed by atoms with E-state index in [0.29, 0.717) is 11.7 Å². The van der Waals surface area contributed by atoms with Crippen LogP contribution in [0, 0.1) is 17.7 Å². The second kappa shape index (κ2) is 4.94. The summed E-state index contributed by atoms with van der Waals surface area (Å²) in [5, 5.41) is 3.39. The van der Waals surface area contributed by atoms with Crippen molar-refractivity contribution in [2.75, 3.05) is 11.1 Å². The second-order valence-electron chi connectivity index (χ2n) is 5.38. The number of nitrogens with one attached hydrogen (secondary N) is 1. The fourth-order valence-electron chi connectivity index (χ4n) is 2.61. The average Bonchev–Trinajstić information content (AvgIpc) is 2.22. The number of rotatable bonds is 2. The van der Waals surface area contributed by atoms with E-state index >= 15 is 0 Å². The van der Waals surface area contributed by atoms with E-state index in [-0.39, 0.29) is 5.82 Å². The molecule has 0 aliphatic heterocycles. The molecular formula is C14H21FN2. The van der Waals surface area contributed by atoms with Crippen molar-refractivity contribution >= 4 is 11.4 Å². The zero-order chi connectivity index (χ0) is 12.4. The zero-order valence-electron chi connectivity index (χ0n) is 10.5. The molecule has 2 rings (SSSR count). The van der Waals surface area contributed by atoms with Crippen LogP contribution in [0.4, 0.5) is 15.8 Å². The van der Waals surface area contributed by atoms with Crippen LogP contribution in [0.15, 0.2) is 18.2 Å². The number of hydrogen-bond acceptors (Lipinski definition) is 2. The molecule has 1 aromatic carbocycles. The molecule has 3 unspecified atom stereocenters. The van der Waals surface area contributed by atoms with E-state index in [1.807, 2.05) is 0 Å². The summed E-state index contributed by atoms with van der Waals surface area (Å²) in [5.74, 6) is 1.25. The smallest absolute Gasteiger partial charge is 0.127 e. The van der Waals surface area contributed by atoms with Gasteiger partial charge in [0.1, 0.15) is 5.82 Å². The lowest BCUT2D eigenvalue weighted by molar-refractivity contribution is 0.261. The highest BCUT2D eigenvalue weighted by Gasteiger charge is 2.24. The summed E-state index contributed by atoms with van der Waals surface area (Å²) in [4.78, 5) is 0. The molecule has 0 heterocycles. The first-order chi connectivity index (χ1) is 8.04. The summed E-state index contributed by atoms with van der Waals surface area (Å²) in [6.45, 7) is 4.60. The van der Waals surface area contributed by atoms with Crippen LogP contribution >= 0.6 is 0 Å². The van der Waals surface area contributed by atoms with Crippen molar-refractivity contribution in [1.29, 1.82) is 0 Å². The number of nitrogens with two attached hydrogens (primary N) is 1. The third-order valence-electron chi connectivity index (χ3n) is 3.89. The van der Waals surface area contributed by atoms with Gasteiger partial charge in [-0.2, -0.15) is 0 Å². The van der Waals surface area contributed by atoms with Crippen molar-refractivity contribution in [2.45, 2.75) is 39.2 Å². The molecule has 1 aromatic rings. The van der Waals surface area contributed by atoms with Gasteiger partial charge in [-0.05, 0) is 49.3 Å². The molecule has 0 aromatic heterocycles. The Morgan fingerprint density at radius 2 is 1.94 bits per heavy atom. The molecule has 1 aliphatic rings. The fraction of sp³-hybridized carbons (Fsp3) is 0.571. The monoisotopic (exact) mass is 236 g/mol. The van der Waals surface area contributed by atoms with Crippen molar-refractivity contribution in [2.24, 2.45) is 11.8 Å². The van der Waals surface area contributed by atoms with Crippen molar-refractivity contribution in [3.63, 3.8) is 0 Å². The van der Waals surface area contributed by atoms with Crippen molar-refractivity contribution in [3.8, 4) is 0 Å². The van der Waals surface area contributed by atoms with Gasteiger partial charge in [-0.3, -0.25) is 0 Å². The zero-order valence-corrected chi connectivity index (χ0v) is 10.5. The van der Waals surface area contributed by atoms with Crippen molar-refractivity contribution in [1.82, 2.24) is 0 Å². The molecule has 3 atom stereocenters. The summed E-state index contributed by atoms with van der Waals surface area (Å²) < 4.78 is 13.2. The first-order valence-electron chi connectivity index (χ1n) is 6.37. The highest BCUT2D eigenvalue weighted by atomic mass is 19.1. The Morgan fingerprint density at radius 1 is 1.18 bits per heavy atom. The van der Waals surface area contributed by atoms with E-state index < -0.39 is 0 Å². The van der Waals surface area contributed by atoms with Crippen LogP contribution in [0.3, 0.4) is 0 Å². The molecule has 3 heteroatoms. The number of benzene rings is 1. The first-order valence-corrected chi connectivity index (χ1v) is 6.37. The van der Waals surface area contributed by atoms with Gasteiger partial charge in [0, 0.05) is 17.4 Å². The molecule has 0 saturated heterocycles.